The number of benzene rings is 1. The maximum atomic E-state index is 14.2. The summed E-state index contributed by atoms with van der Waals surface area (Å²) in [5, 5.41) is 4.06. The van der Waals surface area contributed by atoms with Gasteiger partial charge in [0.2, 0.25) is 11.0 Å². The molecule has 1 aliphatic rings. The number of ether oxygens (including phenoxy) is 1. The summed E-state index contributed by atoms with van der Waals surface area (Å²) in [6, 6.07) is 10.2. The fraction of sp³-hybridized carbons (Fsp3) is 0.348. The average Bonchev–Trinajstić information content (AvgIpc) is 3.33. The summed E-state index contributed by atoms with van der Waals surface area (Å²) in [6.45, 7) is 0. The molecular weight excluding hydrogens is 467 g/mol. The van der Waals surface area contributed by atoms with Gasteiger partial charge in [-0.05, 0) is 49.9 Å². The van der Waals surface area contributed by atoms with Crippen molar-refractivity contribution in [2.45, 2.75) is 38.2 Å². The summed E-state index contributed by atoms with van der Waals surface area (Å²) in [5.41, 5.74) is 5.84. The van der Waals surface area contributed by atoms with Gasteiger partial charge in [-0.15, -0.1) is 11.3 Å². The number of anilines is 2. The second-order valence-corrected chi connectivity index (χ2v) is 9.25. The van der Waals surface area contributed by atoms with Crippen molar-refractivity contribution in [1.82, 2.24) is 9.97 Å². The molecule has 1 amide bonds. The van der Waals surface area contributed by atoms with Crippen LogP contribution < -0.4 is 15.5 Å². The Morgan fingerprint density at radius 2 is 2.06 bits per heavy atom. The van der Waals surface area contributed by atoms with Gasteiger partial charge in [-0.1, -0.05) is 23.7 Å². The largest absolute Gasteiger partial charge is 0.487 e. The molecule has 10 heteroatoms. The highest BCUT2D eigenvalue weighted by Crippen LogP contribution is 2.41. The molecule has 1 fully saturated rings. The van der Waals surface area contributed by atoms with Crippen LogP contribution in [0, 0.1) is 11.2 Å². The molecule has 1 aliphatic carbocycles. The number of carbonyl (C=O) groups is 1. The number of primary amides is 1. The lowest BCUT2D eigenvalue weighted by Crippen LogP contribution is -2.44. The Kier molecular flexibility index (Phi) is 7.11. The van der Waals surface area contributed by atoms with Gasteiger partial charge in [-0.3, -0.25) is 9.63 Å². The van der Waals surface area contributed by atoms with Gasteiger partial charge >= 0.3 is 0 Å². The van der Waals surface area contributed by atoms with Gasteiger partial charge in [0.05, 0.1) is 23.7 Å². The van der Waals surface area contributed by atoms with Crippen LogP contribution in [0.4, 0.5) is 15.3 Å². The molecule has 2 aromatic heterocycles. The average molecular weight is 491 g/mol. The van der Waals surface area contributed by atoms with Crippen LogP contribution >= 0.6 is 22.9 Å². The number of rotatable bonds is 8. The summed E-state index contributed by atoms with van der Waals surface area (Å²) >= 11 is 7.27. The minimum atomic E-state index is -0.753. The first kappa shape index (κ1) is 23.4. The maximum absolute atomic E-state index is 14.2. The highest BCUT2D eigenvalue weighted by molar-refractivity contribution is 7.13. The lowest BCUT2D eigenvalue weighted by atomic mass is 9.69. The van der Waals surface area contributed by atoms with Crippen molar-refractivity contribution in [2.24, 2.45) is 11.1 Å². The molecule has 2 N–H and O–H groups in total. The predicted molar refractivity (Wildman–Crippen MR) is 125 cm³/mol. The van der Waals surface area contributed by atoms with Gasteiger partial charge in [-0.25, -0.2) is 14.4 Å². The summed E-state index contributed by atoms with van der Waals surface area (Å²) in [5.74, 6) is -0.256. The number of amides is 1. The number of nitrogens with two attached hydrogens (primary N) is 1. The molecule has 0 radical (unpaired) electrons. The number of halogens is 2. The summed E-state index contributed by atoms with van der Waals surface area (Å²) in [6.07, 6.45) is 4.02. The molecule has 0 atom stereocenters. The third kappa shape index (κ3) is 5.10. The maximum Gasteiger partial charge on any atom is 0.224 e. The molecule has 3 aromatic rings. The molecule has 174 valence electrons. The lowest BCUT2D eigenvalue weighted by molar-refractivity contribution is -0.130. The summed E-state index contributed by atoms with van der Waals surface area (Å²) < 4.78 is 20.0. The van der Waals surface area contributed by atoms with E-state index in [4.69, 9.17) is 31.9 Å². The molecule has 2 heterocycles. The standard InChI is InChI=1S/C23H24ClFN4O3S/c1-31-29(22-27-12-13-33-22)19-7-2-4-15(28-19)14-23(21(26)30)10-8-16(9-11-23)32-18-6-3-5-17(24)20(18)25/h2-7,12-13,16H,8-11,14H2,1H3,(H2,26,30). The molecule has 33 heavy (non-hydrogen) atoms. The fourth-order valence-electron chi connectivity index (χ4n) is 4.14. The van der Waals surface area contributed by atoms with Crippen LogP contribution in [-0.2, 0) is 16.1 Å². The van der Waals surface area contributed by atoms with Gasteiger partial charge < -0.3 is 10.5 Å². The Morgan fingerprint density at radius 3 is 2.73 bits per heavy atom. The van der Waals surface area contributed by atoms with Crippen LogP contribution in [0.2, 0.25) is 5.02 Å². The second-order valence-electron chi connectivity index (χ2n) is 7.97. The van der Waals surface area contributed by atoms with E-state index >= 15 is 0 Å². The van der Waals surface area contributed by atoms with Crippen LogP contribution in [0.1, 0.15) is 31.4 Å². The van der Waals surface area contributed by atoms with Crippen molar-refractivity contribution in [3.05, 3.63) is 64.5 Å². The summed E-state index contributed by atoms with van der Waals surface area (Å²) in [4.78, 5) is 27.0. The summed E-state index contributed by atoms with van der Waals surface area (Å²) in [7, 11) is 1.55. The minimum Gasteiger partial charge on any atom is -0.487 e. The molecule has 0 spiro atoms. The third-order valence-electron chi connectivity index (χ3n) is 5.92. The third-order valence-corrected chi connectivity index (χ3v) is 6.95. The Labute approximate surface area is 200 Å². The molecule has 7 nitrogen and oxygen atoms in total. The highest BCUT2D eigenvalue weighted by atomic mass is 35.5. The minimum absolute atomic E-state index is 0.0172. The van der Waals surface area contributed by atoms with E-state index in [0.717, 1.165) is 5.69 Å². The van der Waals surface area contributed by atoms with Crippen LogP contribution in [0.5, 0.6) is 5.75 Å². The van der Waals surface area contributed by atoms with E-state index in [9.17, 15) is 9.18 Å². The first-order chi connectivity index (χ1) is 15.9. The molecule has 0 unspecified atom stereocenters. The number of hydrogen-bond donors (Lipinski definition) is 1. The molecule has 1 saturated carbocycles. The number of hydrogen-bond acceptors (Lipinski definition) is 7. The monoisotopic (exact) mass is 490 g/mol. The van der Waals surface area contributed by atoms with Crippen LogP contribution in [0.25, 0.3) is 0 Å². The Balaban J connectivity index is 1.47. The topological polar surface area (TPSA) is 90.6 Å². The van der Waals surface area contributed by atoms with Crippen molar-refractivity contribution in [1.29, 1.82) is 0 Å². The molecular formula is C23H24ClFN4O3S. The van der Waals surface area contributed by atoms with Gasteiger partial charge in [-0.2, -0.15) is 5.06 Å². The van der Waals surface area contributed by atoms with Crippen molar-refractivity contribution in [3.63, 3.8) is 0 Å². The molecule has 0 saturated heterocycles. The normalized spacial score (nSPS) is 20.4. The van der Waals surface area contributed by atoms with E-state index in [0.29, 0.717) is 43.1 Å². The Morgan fingerprint density at radius 1 is 1.30 bits per heavy atom. The number of carbonyl (C=O) groups excluding carboxylic acids is 1. The first-order valence-electron chi connectivity index (χ1n) is 10.5. The second kappa shape index (κ2) is 10.0. The van der Waals surface area contributed by atoms with Gasteiger partial charge in [0, 0.05) is 23.7 Å². The van der Waals surface area contributed by atoms with Crippen molar-refractivity contribution < 1.29 is 18.8 Å². The van der Waals surface area contributed by atoms with Crippen LogP contribution in [-0.4, -0.2) is 29.1 Å². The van der Waals surface area contributed by atoms with Gasteiger partial charge in [0.25, 0.3) is 0 Å². The van der Waals surface area contributed by atoms with E-state index in [-0.39, 0.29) is 22.8 Å². The zero-order chi connectivity index (χ0) is 23.4. The van der Waals surface area contributed by atoms with Crippen molar-refractivity contribution in [3.8, 4) is 5.75 Å². The number of pyridine rings is 1. The van der Waals surface area contributed by atoms with E-state index in [1.54, 1.807) is 25.4 Å². The van der Waals surface area contributed by atoms with E-state index in [1.165, 1.54) is 22.5 Å². The van der Waals surface area contributed by atoms with Crippen LogP contribution in [0.15, 0.2) is 48.0 Å². The SMILES string of the molecule is CON(c1cccc(CC2(C(N)=O)CCC(Oc3cccc(Cl)c3F)CC2)n1)c1nccs1. The zero-order valence-corrected chi connectivity index (χ0v) is 19.6. The van der Waals surface area contributed by atoms with E-state index in [1.807, 2.05) is 23.6 Å². The van der Waals surface area contributed by atoms with E-state index in [2.05, 4.69) is 4.98 Å². The van der Waals surface area contributed by atoms with Crippen LogP contribution in [0.3, 0.4) is 0 Å². The quantitative estimate of drug-likeness (QED) is 0.443. The van der Waals surface area contributed by atoms with Gasteiger partial charge in [0.15, 0.2) is 17.4 Å². The number of thiazole rings is 1. The van der Waals surface area contributed by atoms with Crippen molar-refractivity contribution >= 4 is 39.8 Å². The highest BCUT2D eigenvalue weighted by Gasteiger charge is 2.41. The molecule has 4 rings (SSSR count). The predicted octanol–water partition coefficient (Wildman–Crippen LogP) is 5.07. The zero-order valence-electron chi connectivity index (χ0n) is 18.0. The Hall–Kier alpha value is -2.75. The van der Waals surface area contributed by atoms with Gasteiger partial charge in [0.1, 0.15) is 0 Å². The number of nitrogens with zero attached hydrogens (tertiary/aromatic N) is 3. The molecule has 0 bridgehead atoms. The lowest BCUT2D eigenvalue weighted by Gasteiger charge is -2.37. The van der Waals surface area contributed by atoms with Crippen molar-refractivity contribution in [2.75, 3.05) is 12.2 Å². The Bertz CT molecular complexity index is 1110. The molecule has 0 aliphatic heterocycles. The molecule has 1 aromatic carbocycles. The fourth-order valence-corrected chi connectivity index (χ4v) is 4.93. The van der Waals surface area contributed by atoms with E-state index < -0.39 is 11.2 Å². The first-order valence-corrected chi connectivity index (χ1v) is 11.8. The smallest absolute Gasteiger partial charge is 0.224 e. The number of aromatic nitrogens is 2.